The summed E-state index contributed by atoms with van der Waals surface area (Å²) in [5.41, 5.74) is 1.43. The third kappa shape index (κ3) is 4.36. The molecule has 1 amide bonds. The number of piperazine rings is 1. The van der Waals surface area contributed by atoms with Gasteiger partial charge in [0, 0.05) is 38.3 Å². The molecule has 1 saturated heterocycles. The molecule has 6 nitrogen and oxygen atoms in total. The summed E-state index contributed by atoms with van der Waals surface area (Å²) in [5.74, 6) is 1.06. The maximum Gasteiger partial charge on any atom is 0.254 e. The lowest BCUT2D eigenvalue weighted by Crippen LogP contribution is -2.48. The third-order valence-corrected chi connectivity index (χ3v) is 4.87. The summed E-state index contributed by atoms with van der Waals surface area (Å²) in [7, 11) is 4.58. The van der Waals surface area contributed by atoms with Crippen LogP contribution in [0.1, 0.15) is 15.9 Å². The lowest BCUT2D eigenvalue weighted by atomic mass is 10.1. The van der Waals surface area contributed by atoms with Gasteiger partial charge < -0.3 is 19.1 Å². The molecule has 0 aliphatic carbocycles. The fourth-order valence-corrected chi connectivity index (χ4v) is 3.39. The summed E-state index contributed by atoms with van der Waals surface area (Å²) >= 11 is 0. The van der Waals surface area contributed by atoms with E-state index in [-0.39, 0.29) is 11.7 Å². The standard InChI is InChI=1S/C21H25FN2O4/c1-26-18-12-16(13-19(27-2)20(18)28-3)21(25)24-9-7-23(8-10-24)14-15-5-4-6-17(22)11-15/h4-6,11-13H,7-10,14H2,1-3H3. The van der Waals surface area contributed by atoms with Crippen LogP contribution in [0.3, 0.4) is 0 Å². The van der Waals surface area contributed by atoms with Crippen molar-refractivity contribution in [1.29, 1.82) is 0 Å². The molecule has 0 atom stereocenters. The third-order valence-electron chi connectivity index (χ3n) is 4.87. The maximum absolute atomic E-state index is 13.4. The molecule has 0 unspecified atom stereocenters. The van der Waals surface area contributed by atoms with Crippen molar-refractivity contribution in [3.8, 4) is 17.2 Å². The molecule has 0 spiro atoms. The fourth-order valence-electron chi connectivity index (χ4n) is 3.39. The Hall–Kier alpha value is -2.80. The maximum atomic E-state index is 13.4. The van der Waals surface area contributed by atoms with Gasteiger partial charge >= 0.3 is 0 Å². The van der Waals surface area contributed by atoms with Crippen LogP contribution in [0.15, 0.2) is 36.4 Å². The number of carbonyl (C=O) groups excluding carboxylic acids is 1. The van der Waals surface area contributed by atoms with Gasteiger partial charge in [-0.05, 0) is 29.8 Å². The quantitative estimate of drug-likeness (QED) is 0.762. The Morgan fingerprint density at radius 3 is 2.14 bits per heavy atom. The number of nitrogens with zero attached hydrogens (tertiary/aromatic N) is 2. The highest BCUT2D eigenvalue weighted by Crippen LogP contribution is 2.38. The van der Waals surface area contributed by atoms with E-state index in [4.69, 9.17) is 14.2 Å². The van der Waals surface area contributed by atoms with Gasteiger partial charge in [-0.25, -0.2) is 4.39 Å². The van der Waals surface area contributed by atoms with Crippen molar-refractivity contribution in [2.75, 3.05) is 47.5 Å². The number of methoxy groups -OCH3 is 3. The van der Waals surface area contributed by atoms with Gasteiger partial charge in [-0.3, -0.25) is 9.69 Å². The average Bonchev–Trinajstić information content (AvgIpc) is 2.72. The molecule has 3 rings (SSSR count). The number of benzene rings is 2. The molecular formula is C21H25FN2O4. The highest BCUT2D eigenvalue weighted by Gasteiger charge is 2.24. The zero-order valence-corrected chi connectivity index (χ0v) is 16.4. The first kappa shape index (κ1) is 19.9. The summed E-state index contributed by atoms with van der Waals surface area (Å²) in [6, 6.07) is 9.96. The number of rotatable bonds is 6. The molecule has 0 saturated carbocycles. The average molecular weight is 388 g/mol. The van der Waals surface area contributed by atoms with Crippen LogP contribution in [0, 0.1) is 5.82 Å². The van der Waals surface area contributed by atoms with Crippen molar-refractivity contribution >= 4 is 5.91 Å². The molecule has 7 heteroatoms. The number of amides is 1. The zero-order valence-electron chi connectivity index (χ0n) is 16.4. The summed E-state index contributed by atoms with van der Waals surface area (Å²) in [4.78, 5) is 17.0. The summed E-state index contributed by atoms with van der Waals surface area (Å²) in [6.07, 6.45) is 0. The van der Waals surface area contributed by atoms with E-state index in [0.717, 1.165) is 18.7 Å². The van der Waals surface area contributed by atoms with E-state index in [0.29, 0.717) is 42.4 Å². The number of hydrogen-bond donors (Lipinski definition) is 0. The second-order valence-corrected chi connectivity index (χ2v) is 6.61. The molecule has 150 valence electrons. The predicted molar refractivity (Wildman–Crippen MR) is 104 cm³/mol. The zero-order chi connectivity index (χ0) is 20.1. The van der Waals surface area contributed by atoms with Gasteiger partial charge in [-0.2, -0.15) is 0 Å². The first-order valence-electron chi connectivity index (χ1n) is 9.11. The minimum atomic E-state index is -0.228. The topological polar surface area (TPSA) is 51.2 Å². The summed E-state index contributed by atoms with van der Waals surface area (Å²) in [5, 5.41) is 0. The highest BCUT2D eigenvalue weighted by atomic mass is 19.1. The number of halogens is 1. The van der Waals surface area contributed by atoms with Crippen molar-refractivity contribution in [3.05, 3.63) is 53.3 Å². The minimum Gasteiger partial charge on any atom is -0.493 e. The molecular weight excluding hydrogens is 363 g/mol. The summed E-state index contributed by atoms with van der Waals surface area (Å²) < 4.78 is 29.3. The van der Waals surface area contributed by atoms with Crippen LogP contribution < -0.4 is 14.2 Å². The summed E-state index contributed by atoms with van der Waals surface area (Å²) in [6.45, 7) is 3.33. The Bertz CT molecular complexity index is 810. The first-order chi connectivity index (χ1) is 13.5. The molecule has 0 aromatic heterocycles. The van der Waals surface area contributed by atoms with Crippen LogP contribution in [0.25, 0.3) is 0 Å². The van der Waals surface area contributed by atoms with Gasteiger partial charge in [0.1, 0.15) is 5.82 Å². The number of ether oxygens (including phenoxy) is 3. The lowest BCUT2D eigenvalue weighted by Gasteiger charge is -2.35. The predicted octanol–water partition coefficient (Wildman–Crippen LogP) is 2.81. The Morgan fingerprint density at radius 1 is 0.964 bits per heavy atom. The van der Waals surface area contributed by atoms with E-state index in [9.17, 15) is 9.18 Å². The van der Waals surface area contributed by atoms with E-state index >= 15 is 0 Å². The lowest BCUT2D eigenvalue weighted by molar-refractivity contribution is 0.0627. The first-order valence-corrected chi connectivity index (χ1v) is 9.11. The van der Waals surface area contributed by atoms with Crippen LogP contribution in [-0.4, -0.2) is 63.2 Å². The number of carbonyl (C=O) groups is 1. The molecule has 2 aromatic carbocycles. The van der Waals surface area contributed by atoms with Crippen LogP contribution in [0.2, 0.25) is 0 Å². The van der Waals surface area contributed by atoms with Crippen molar-refractivity contribution in [2.24, 2.45) is 0 Å². The minimum absolute atomic E-state index is 0.0790. The van der Waals surface area contributed by atoms with Crippen molar-refractivity contribution < 1.29 is 23.4 Å². The Labute approximate surface area is 164 Å². The molecule has 1 aliphatic heterocycles. The van der Waals surface area contributed by atoms with Crippen LogP contribution in [0.5, 0.6) is 17.2 Å². The number of hydrogen-bond acceptors (Lipinski definition) is 5. The Kier molecular flexibility index (Phi) is 6.36. The van der Waals surface area contributed by atoms with Crippen LogP contribution in [-0.2, 0) is 6.54 Å². The Balaban J connectivity index is 1.66. The molecule has 28 heavy (non-hydrogen) atoms. The van der Waals surface area contributed by atoms with Crippen LogP contribution >= 0.6 is 0 Å². The van der Waals surface area contributed by atoms with Crippen molar-refractivity contribution in [2.45, 2.75) is 6.54 Å². The smallest absolute Gasteiger partial charge is 0.254 e. The van der Waals surface area contributed by atoms with Crippen molar-refractivity contribution in [3.63, 3.8) is 0 Å². The molecule has 1 aliphatic rings. The molecule has 0 radical (unpaired) electrons. The SMILES string of the molecule is COc1cc(C(=O)N2CCN(Cc3cccc(F)c3)CC2)cc(OC)c1OC. The van der Waals surface area contributed by atoms with Crippen LogP contribution in [0.4, 0.5) is 4.39 Å². The normalized spacial score (nSPS) is 14.6. The monoisotopic (exact) mass is 388 g/mol. The van der Waals surface area contributed by atoms with Gasteiger partial charge in [0.25, 0.3) is 5.91 Å². The molecule has 2 aromatic rings. The van der Waals surface area contributed by atoms with E-state index in [1.807, 2.05) is 11.0 Å². The Morgan fingerprint density at radius 2 is 1.61 bits per heavy atom. The molecule has 0 N–H and O–H groups in total. The van der Waals surface area contributed by atoms with E-state index in [2.05, 4.69) is 4.90 Å². The van der Waals surface area contributed by atoms with E-state index in [1.54, 1.807) is 24.3 Å². The molecule has 1 heterocycles. The van der Waals surface area contributed by atoms with Gasteiger partial charge in [0.2, 0.25) is 5.75 Å². The highest BCUT2D eigenvalue weighted by molar-refractivity contribution is 5.95. The van der Waals surface area contributed by atoms with Gasteiger partial charge in [0.05, 0.1) is 21.3 Å². The van der Waals surface area contributed by atoms with Gasteiger partial charge in [-0.15, -0.1) is 0 Å². The second-order valence-electron chi connectivity index (χ2n) is 6.61. The van der Waals surface area contributed by atoms with E-state index in [1.165, 1.54) is 27.4 Å². The van der Waals surface area contributed by atoms with Gasteiger partial charge in [0.15, 0.2) is 11.5 Å². The van der Waals surface area contributed by atoms with E-state index < -0.39 is 0 Å². The van der Waals surface area contributed by atoms with Crippen molar-refractivity contribution in [1.82, 2.24) is 9.80 Å². The largest absolute Gasteiger partial charge is 0.493 e. The second kappa shape index (κ2) is 8.93. The molecule has 1 fully saturated rings. The molecule has 0 bridgehead atoms. The van der Waals surface area contributed by atoms with Gasteiger partial charge in [-0.1, -0.05) is 12.1 Å². The fraction of sp³-hybridized carbons (Fsp3) is 0.381.